The Bertz CT molecular complexity index is 377. The summed E-state index contributed by atoms with van der Waals surface area (Å²) in [6, 6.07) is 3.98. The fourth-order valence-corrected chi connectivity index (χ4v) is 1.74. The first-order chi connectivity index (χ1) is 8.79. The molecule has 0 atom stereocenters. The Morgan fingerprint density at radius 3 is 1.37 bits per heavy atom. The summed E-state index contributed by atoms with van der Waals surface area (Å²) in [5, 5.41) is 0. The highest BCUT2D eigenvalue weighted by molar-refractivity contribution is 5.54. The monoisotopic (exact) mass is 266 g/mol. The van der Waals surface area contributed by atoms with Crippen LogP contribution >= 0.6 is 0 Å². The highest BCUT2D eigenvalue weighted by Gasteiger charge is 2.17. The molecule has 19 heavy (non-hydrogen) atoms. The minimum absolute atomic E-state index is 0.0757. The molecule has 0 bridgehead atoms. The summed E-state index contributed by atoms with van der Waals surface area (Å²) in [6.07, 6.45) is 0.276. The van der Waals surface area contributed by atoms with Crippen molar-refractivity contribution in [2.45, 2.75) is 66.8 Å². The second kappa shape index (κ2) is 6.69. The fourth-order valence-electron chi connectivity index (χ4n) is 1.74. The Morgan fingerprint density at radius 2 is 1.05 bits per heavy atom. The van der Waals surface area contributed by atoms with Crippen LogP contribution in [0.25, 0.3) is 0 Å². The lowest BCUT2D eigenvalue weighted by atomic mass is 10.2. The molecule has 0 saturated heterocycles. The molecular weight excluding hydrogens is 240 g/mol. The molecule has 108 valence electrons. The SMILES string of the molecule is Cc1cc(OC(C)C)c(OC(C)C)c(OC(C)C)c1. The third-order valence-corrected chi connectivity index (χ3v) is 2.24. The van der Waals surface area contributed by atoms with Crippen molar-refractivity contribution in [1.82, 2.24) is 0 Å². The molecule has 0 aliphatic rings. The maximum Gasteiger partial charge on any atom is 0.203 e. The van der Waals surface area contributed by atoms with Crippen LogP contribution in [0.3, 0.4) is 0 Å². The van der Waals surface area contributed by atoms with E-state index in [9.17, 15) is 0 Å². The van der Waals surface area contributed by atoms with Crippen molar-refractivity contribution in [1.29, 1.82) is 0 Å². The summed E-state index contributed by atoms with van der Waals surface area (Å²) in [7, 11) is 0. The van der Waals surface area contributed by atoms with Gasteiger partial charge >= 0.3 is 0 Å². The molecule has 0 heterocycles. The van der Waals surface area contributed by atoms with Gasteiger partial charge in [-0.1, -0.05) is 0 Å². The molecule has 0 spiro atoms. The van der Waals surface area contributed by atoms with Gasteiger partial charge < -0.3 is 14.2 Å². The molecule has 0 fully saturated rings. The molecule has 0 N–H and O–H groups in total. The average Bonchev–Trinajstić information content (AvgIpc) is 2.20. The van der Waals surface area contributed by atoms with E-state index >= 15 is 0 Å². The second-order valence-corrected chi connectivity index (χ2v) is 5.59. The van der Waals surface area contributed by atoms with Gasteiger partial charge in [-0.05, 0) is 66.2 Å². The summed E-state index contributed by atoms with van der Waals surface area (Å²) in [4.78, 5) is 0. The molecule has 0 aromatic heterocycles. The molecule has 0 amide bonds. The summed E-state index contributed by atoms with van der Waals surface area (Å²) in [5.74, 6) is 2.20. The van der Waals surface area contributed by atoms with Gasteiger partial charge in [-0.15, -0.1) is 0 Å². The Labute approximate surface area is 116 Å². The molecule has 1 aromatic rings. The lowest BCUT2D eigenvalue weighted by Crippen LogP contribution is -2.14. The standard InChI is InChI=1S/C16H26O3/c1-10(2)17-14-8-13(7)9-15(18-11(3)4)16(14)19-12(5)6/h8-12H,1-7H3. The highest BCUT2D eigenvalue weighted by atomic mass is 16.6. The van der Waals surface area contributed by atoms with Crippen LogP contribution in [0.5, 0.6) is 17.2 Å². The van der Waals surface area contributed by atoms with E-state index in [4.69, 9.17) is 14.2 Å². The summed E-state index contributed by atoms with van der Waals surface area (Å²) >= 11 is 0. The van der Waals surface area contributed by atoms with Crippen LogP contribution in [0, 0.1) is 6.92 Å². The minimum Gasteiger partial charge on any atom is -0.487 e. The second-order valence-electron chi connectivity index (χ2n) is 5.59. The van der Waals surface area contributed by atoms with Crippen LogP contribution in [0.4, 0.5) is 0 Å². The third-order valence-electron chi connectivity index (χ3n) is 2.24. The van der Waals surface area contributed by atoms with Gasteiger partial charge in [-0.3, -0.25) is 0 Å². The topological polar surface area (TPSA) is 27.7 Å². The molecule has 3 nitrogen and oxygen atoms in total. The van der Waals surface area contributed by atoms with Crippen molar-refractivity contribution >= 4 is 0 Å². The first-order valence-corrected chi connectivity index (χ1v) is 6.94. The maximum atomic E-state index is 5.88. The number of hydrogen-bond acceptors (Lipinski definition) is 3. The Morgan fingerprint density at radius 1 is 0.684 bits per heavy atom. The van der Waals surface area contributed by atoms with Crippen molar-refractivity contribution in [3.63, 3.8) is 0 Å². The van der Waals surface area contributed by atoms with Crippen LogP contribution in [0.2, 0.25) is 0 Å². The van der Waals surface area contributed by atoms with Crippen LogP contribution in [-0.2, 0) is 0 Å². The van der Waals surface area contributed by atoms with Gasteiger partial charge in [0.15, 0.2) is 11.5 Å². The largest absolute Gasteiger partial charge is 0.487 e. The Kier molecular flexibility index (Phi) is 5.52. The van der Waals surface area contributed by atoms with Gasteiger partial charge in [0.1, 0.15) is 0 Å². The van der Waals surface area contributed by atoms with Gasteiger partial charge in [0, 0.05) is 0 Å². The lowest BCUT2D eigenvalue weighted by Gasteiger charge is -2.22. The number of ether oxygens (including phenoxy) is 3. The van der Waals surface area contributed by atoms with Gasteiger partial charge in [-0.2, -0.15) is 0 Å². The van der Waals surface area contributed by atoms with Gasteiger partial charge in [0.05, 0.1) is 18.3 Å². The van der Waals surface area contributed by atoms with Crippen molar-refractivity contribution in [3.8, 4) is 17.2 Å². The van der Waals surface area contributed by atoms with E-state index in [0.29, 0.717) is 5.75 Å². The molecule has 0 aliphatic carbocycles. The highest BCUT2D eigenvalue weighted by Crippen LogP contribution is 2.40. The molecule has 0 saturated carbocycles. The predicted octanol–water partition coefficient (Wildman–Crippen LogP) is 4.36. The summed E-state index contributed by atoms with van der Waals surface area (Å²) in [5.41, 5.74) is 1.10. The summed E-state index contributed by atoms with van der Waals surface area (Å²) < 4.78 is 17.6. The quantitative estimate of drug-likeness (QED) is 0.765. The zero-order valence-corrected chi connectivity index (χ0v) is 13.1. The third kappa shape index (κ3) is 5.01. The number of hydrogen-bond donors (Lipinski definition) is 0. The normalized spacial score (nSPS) is 11.3. The van der Waals surface area contributed by atoms with Crippen LogP contribution in [0.15, 0.2) is 12.1 Å². The van der Waals surface area contributed by atoms with E-state index in [2.05, 4.69) is 0 Å². The van der Waals surface area contributed by atoms with Crippen molar-refractivity contribution in [3.05, 3.63) is 17.7 Å². The Balaban J connectivity index is 3.21. The van der Waals surface area contributed by atoms with Crippen LogP contribution in [0.1, 0.15) is 47.1 Å². The van der Waals surface area contributed by atoms with Crippen molar-refractivity contribution in [2.24, 2.45) is 0 Å². The smallest absolute Gasteiger partial charge is 0.203 e. The molecule has 1 aromatic carbocycles. The number of benzene rings is 1. The number of aryl methyl sites for hydroxylation is 1. The van der Waals surface area contributed by atoms with Crippen molar-refractivity contribution in [2.75, 3.05) is 0 Å². The van der Waals surface area contributed by atoms with E-state index in [1.807, 2.05) is 60.6 Å². The predicted molar refractivity (Wildman–Crippen MR) is 78.5 cm³/mol. The molecule has 0 aliphatic heterocycles. The van der Waals surface area contributed by atoms with E-state index in [1.165, 1.54) is 0 Å². The van der Waals surface area contributed by atoms with Gasteiger partial charge in [0.25, 0.3) is 0 Å². The molecule has 0 unspecified atom stereocenters. The first kappa shape index (κ1) is 15.7. The zero-order valence-electron chi connectivity index (χ0n) is 13.1. The van der Waals surface area contributed by atoms with E-state index in [-0.39, 0.29) is 18.3 Å². The fraction of sp³-hybridized carbons (Fsp3) is 0.625. The first-order valence-electron chi connectivity index (χ1n) is 6.94. The van der Waals surface area contributed by atoms with Crippen molar-refractivity contribution < 1.29 is 14.2 Å². The average molecular weight is 266 g/mol. The van der Waals surface area contributed by atoms with Gasteiger partial charge in [0.2, 0.25) is 5.75 Å². The number of rotatable bonds is 6. The molecule has 1 rings (SSSR count). The molecular formula is C16H26O3. The van der Waals surface area contributed by atoms with E-state index < -0.39 is 0 Å². The lowest BCUT2D eigenvalue weighted by molar-refractivity contribution is 0.176. The van der Waals surface area contributed by atoms with Crippen LogP contribution in [-0.4, -0.2) is 18.3 Å². The summed E-state index contributed by atoms with van der Waals surface area (Å²) in [6.45, 7) is 14.0. The van der Waals surface area contributed by atoms with Gasteiger partial charge in [-0.25, -0.2) is 0 Å². The molecule has 3 heteroatoms. The zero-order chi connectivity index (χ0) is 14.6. The minimum atomic E-state index is 0.0757. The van der Waals surface area contributed by atoms with E-state index in [0.717, 1.165) is 17.1 Å². The van der Waals surface area contributed by atoms with Crippen LogP contribution < -0.4 is 14.2 Å². The Hall–Kier alpha value is -1.38. The van der Waals surface area contributed by atoms with E-state index in [1.54, 1.807) is 0 Å². The molecule has 0 radical (unpaired) electrons. The maximum absolute atomic E-state index is 5.88.